The van der Waals surface area contributed by atoms with Crippen molar-refractivity contribution in [2.24, 2.45) is 0 Å². The number of nitrogens with zero attached hydrogens (tertiary/aromatic N) is 1. The van der Waals surface area contributed by atoms with Gasteiger partial charge in [-0.2, -0.15) is 0 Å². The van der Waals surface area contributed by atoms with E-state index < -0.39 is 36.5 Å². The Morgan fingerprint density at radius 2 is 2.20 bits per heavy atom. The highest BCUT2D eigenvalue weighted by molar-refractivity contribution is 6.00. The topological polar surface area (TPSA) is 132 Å². The molecule has 2 unspecified atom stereocenters. The van der Waals surface area contributed by atoms with Gasteiger partial charge in [0.25, 0.3) is 0 Å². The highest BCUT2D eigenvalue weighted by Gasteiger charge is 2.30. The van der Waals surface area contributed by atoms with Crippen molar-refractivity contribution in [1.82, 2.24) is 20.9 Å². The Hall–Kier alpha value is -3.20. The van der Waals surface area contributed by atoms with Crippen molar-refractivity contribution in [3.05, 3.63) is 36.5 Å². The number of pyridine rings is 1. The molecule has 1 aromatic heterocycles. The molecule has 1 aromatic carbocycles. The summed E-state index contributed by atoms with van der Waals surface area (Å²) >= 11 is 0. The molecule has 1 aliphatic rings. The van der Waals surface area contributed by atoms with Crippen molar-refractivity contribution < 1.29 is 19.5 Å². The van der Waals surface area contributed by atoms with Crippen LogP contribution in [0.5, 0.6) is 0 Å². The zero-order valence-corrected chi connectivity index (χ0v) is 13.2. The molecule has 9 heteroatoms. The van der Waals surface area contributed by atoms with E-state index in [1.807, 2.05) is 6.07 Å². The number of carbonyl (C=O) groups is 3. The summed E-state index contributed by atoms with van der Waals surface area (Å²) in [5.41, 5.74) is 1.31. The third-order valence-corrected chi connectivity index (χ3v) is 3.77. The summed E-state index contributed by atoms with van der Waals surface area (Å²) in [6.45, 7) is -0.442. The van der Waals surface area contributed by atoms with E-state index in [1.165, 1.54) is 0 Å². The smallest absolute Gasteiger partial charge is 0.315 e. The fourth-order valence-corrected chi connectivity index (χ4v) is 2.46. The maximum atomic E-state index is 12.3. The SMILES string of the molecule is O=C1NCC(C(=O)NC(CO)C(=O)Nc2ccc3ncccc3c2)N1. The number of hydrogen-bond donors (Lipinski definition) is 5. The number of carbonyl (C=O) groups excluding carboxylic acids is 3. The van der Waals surface area contributed by atoms with Crippen molar-refractivity contribution >= 4 is 34.4 Å². The number of amides is 4. The monoisotopic (exact) mass is 343 g/mol. The molecule has 1 aliphatic heterocycles. The second-order valence-electron chi connectivity index (χ2n) is 5.55. The van der Waals surface area contributed by atoms with E-state index in [2.05, 4.69) is 26.3 Å². The van der Waals surface area contributed by atoms with Crippen LogP contribution in [0.25, 0.3) is 10.9 Å². The van der Waals surface area contributed by atoms with Crippen molar-refractivity contribution in [1.29, 1.82) is 0 Å². The predicted molar refractivity (Wildman–Crippen MR) is 89.7 cm³/mol. The largest absolute Gasteiger partial charge is 0.394 e. The minimum absolute atomic E-state index is 0.127. The van der Waals surface area contributed by atoms with Crippen molar-refractivity contribution in [3.8, 4) is 0 Å². The normalized spacial score (nSPS) is 17.5. The third kappa shape index (κ3) is 3.83. The van der Waals surface area contributed by atoms with E-state index in [-0.39, 0.29) is 6.54 Å². The molecule has 1 saturated heterocycles. The number of fused-ring (bicyclic) bond motifs is 1. The van der Waals surface area contributed by atoms with E-state index >= 15 is 0 Å². The van der Waals surface area contributed by atoms with E-state index in [0.29, 0.717) is 5.69 Å². The summed E-state index contributed by atoms with van der Waals surface area (Å²) in [6, 6.07) is 6.48. The molecule has 25 heavy (non-hydrogen) atoms. The second-order valence-corrected chi connectivity index (χ2v) is 5.55. The summed E-state index contributed by atoms with van der Waals surface area (Å²) in [5.74, 6) is -1.10. The lowest BCUT2D eigenvalue weighted by Crippen LogP contribution is -2.52. The summed E-state index contributed by atoms with van der Waals surface area (Å²) in [4.78, 5) is 39.6. The summed E-state index contributed by atoms with van der Waals surface area (Å²) < 4.78 is 0. The fraction of sp³-hybridized carbons (Fsp3) is 0.250. The van der Waals surface area contributed by atoms with Gasteiger partial charge < -0.3 is 26.4 Å². The van der Waals surface area contributed by atoms with Gasteiger partial charge in [-0.1, -0.05) is 6.07 Å². The first kappa shape index (κ1) is 16.7. The number of rotatable bonds is 5. The Labute approximate surface area is 142 Å². The molecule has 2 aromatic rings. The lowest BCUT2D eigenvalue weighted by molar-refractivity contribution is -0.128. The Balaban J connectivity index is 1.64. The van der Waals surface area contributed by atoms with Crippen LogP contribution in [-0.4, -0.2) is 53.2 Å². The molecule has 9 nitrogen and oxygen atoms in total. The fourth-order valence-electron chi connectivity index (χ4n) is 2.46. The molecule has 0 aliphatic carbocycles. The van der Waals surface area contributed by atoms with Crippen molar-refractivity contribution in [2.75, 3.05) is 18.5 Å². The standard InChI is InChI=1S/C16H17N5O4/c22-8-13(20-14(23)12-7-18-16(25)21-12)15(24)19-10-3-4-11-9(6-10)2-1-5-17-11/h1-6,12-13,22H,7-8H2,(H,19,24)(H,20,23)(H2,18,21,25). The molecule has 4 amide bonds. The van der Waals surface area contributed by atoms with Crippen LogP contribution in [-0.2, 0) is 9.59 Å². The number of hydrogen-bond acceptors (Lipinski definition) is 5. The minimum atomic E-state index is -1.13. The summed E-state index contributed by atoms with van der Waals surface area (Å²) in [6.07, 6.45) is 1.68. The van der Waals surface area contributed by atoms with Crippen molar-refractivity contribution in [3.63, 3.8) is 0 Å². The van der Waals surface area contributed by atoms with Gasteiger partial charge in [0.05, 0.1) is 12.1 Å². The first-order valence-corrected chi connectivity index (χ1v) is 7.68. The van der Waals surface area contributed by atoms with Gasteiger partial charge in [0.15, 0.2) is 0 Å². The second kappa shape index (κ2) is 7.14. The zero-order chi connectivity index (χ0) is 17.8. The van der Waals surface area contributed by atoms with E-state index in [0.717, 1.165) is 10.9 Å². The highest BCUT2D eigenvalue weighted by atomic mass is 16.3. The van der Waals surface area contributed by atoms with Crippen LogP contribution in [0.15, 0.2) is 36.5 Å². The highest BCUT2D eigenvalue weighted by Crippen LogP contribution is 2.17. The lowest BCUT2D eigenvalue weighted by Gasteiger charge is -2.18. The molecular weight excluding hydrogens is 326 g/mol. The van der Waals surface area contributed by atoms with Gasteiger partial charge in [0, 0.05) is 23.8 Å². The zero-order valence-electron chi connectivity index (χ0n) is 13.2. The number of benzene rings is 1. The number of aliphatic hydroxyl groups is 1. The molecule has 0 radical (unpaired) electrons. The molecule has 2 atom stereocenters. The molecule has 130 valence electrons. The number of urea groups is 1. The first-order valence-electron chi connectivity index (χ1n) is 7.68. The lowest BCUT2D eigenvalue weighted by atomic mass is 10.2. The third-order valence-electron chi connectivity index (χ3n) is 3.77. The number of aliphatic hydroxyl groups excluding tert-OH is 1. The average Bonchev–Trinajstić information content (AvgIpc) is 3.05. The molecule has 3 rings (SSSR count). The van der Waals surface area contributed by atoms with Gasteiger partial charge in [0.1, 0.15) is 12.1 Å². The van der Waals surface area contributed by atoms with Crippen LogP contribution >= 0.6 is 0 Å². The van der Waals surface area contributed by atoms with Crippen molar-refractivity contribution in [2.45, 2.75) is 12.1 Å². The molecule has 2 heterocycles. The van der Waals surface area contributed by atoms with Crippen LogP contribution in [0.2, 0.25) is 0 Å². The van der Waals surface area contributed by atoms with E-state index in [4.69, 9.17) is 0 Å². The van der Waals surface area contributed by atoms with Gasteiger partial charge in [-0.15, -0.1) is 0 Å². The Bertz CT molecular complexity index is 825. The molecule has 5 N–H and O–H groups in total. The molecule has 0 spiro atoms. The van der Waals surface area contributed by atoms with Crippen LogP contribution in [0.4, 0.5) is 10.5 Å². The summed E-state index contributed by atoms with van der Waals surface area (Å²) in [5, 5.41) is 20.2. The summed E-state index contributed by atoms with van der Waals surface area (Å²) in [7, 11) is 0. The Morgan fingerprint density at radius 1 is 1.36 bits per heavy atom. The number of nitrogens with one attached hydrogen (secondary N) is 4. The van der Waals surface area contributed by atoms with Crippen LogP contribution in [0.1, 0.15) is 0 Å². The quantitative estimate of drug-likeness (QED) is 0.491. The maximum absolute atomic E-state index is 12.3. The number of aromatic nitrogens is 1. The van der Waals surface area contributed by atoms with Gasteiger partial charge in [-0.05, 0) is 24.3 Å². The van der Waals surface area contributed by atoms with Gasteiger partial charge in [-0.3, -0.25) is 14.6 Å². The molecular formula is C16H17N5O4. The average molecular weight is 343 g/mol. The number of anilines is 1. The van der Waals surface area contributed by atoms with Crippen LogP contribution in [0, 0.1) is 0 Å². The Morgan fingerprint density at radius 3 is 2.92 bits per heavy atom. The minimum Gasteiger partial charge on any atom is -0.394 e. The molecule has 0 bridgehead atoms. The van der Waals surface area contributed by atoms with Gasteiger partial charge >= 0.3 is 6.03 Å². The van der Waals surface area contributed by atoms with E-state index in [1.54, 1.807) is 30.5 Å². The molecule has 0 saturated carbocycles. The van der Waals surface area contributed by atoms with Crippen LogP contribution in [0.3, 0.4) is 0 Å². The maximum Gasteiger partial charge on any atom is 0.315 e. The van der Waals surface area contributed by atoms with E-state index in [9.17, 15) is 19.5 Å². The van der Waals surface area contributed by atoms with Gasteiger partial charge in [0.2, 0.25) is 11.8 Å². The Kier molecular flexibility index (Phi) is 4.75. The molecule has 1 fully saturated rings. The van der Waals surface area contributed by atoms with Crippen LogP contribution < -0.4 is 21.3 Å². The predicted octanol–water partition coefficient (Wildman–Crippen LogP) is -0.668. The first-order chi connectivity index (χ1) is 12.1. The van der Waals surface area contributed by atoms with Gasteiger partial charge in [-0.25, -0.2) is 4.79 Å².